The zero-order chi connectivity index (χ0) is 11.4. The molecule has 0 heterocycles. The van der Waals surface area contributed by atoms with Crippen molar-refractivity contribution in [1.82, 2.24) is 0 Å². The van der Waals surface area contributed by atoms with Gasteiger partial charge in [0.05, 0.1) is 12.7 Å². The van der Waals surface area contributed by atoms with Gasteiger partial charge in [-0.1, -0.05) is 0 Å². The third kappa shape index (κ3) is 5.31. The van der Waals surface area contributed by atoms with Crippen molar-refractivity contribution in [1.29, 1.82) is 0 Å². The summed E-state index contributed by atoms with van der Waals surface area (Å²) >= 11 is 0. The van der Waals surface area contributed by atoms with Gasteiger partial charge in [0, 0.05) is 0 Å². The maximum Gasteiger partial charge on any atom is 0.469 e. The van der Waals surface area contributed by atoms with Gasteiger partial charge in [-0.3, -0.25) is 9.32 Å². The number of hydrogen-bond donors (Lipinski definition) is 3. The van der Waals surface area contributed by atoms with E-state index in [2.05, 4.69) is 9.26 Å². The Balaban J connectivity index is 4.18. The van der Waals surface area contributed by atoms with Gasteiger partial charge in [0.2, 0.25) is 0 Å². The lowest BCUT2D eigenvalue weighted by atomic mass is 10.2. The van der Waals surface area contributed by atoms with Gasteiger partial charge in [-0.2, -0.15) is 0 Å². The van der Waals surface area contributed by atoms with Crippen LogP contribution in [0.5, 0.6) is 0 Å². The number of hydrogen-bond acceptors (Lipinski definition) is 5. The molecule has 0 bridgehead atoms. The Morgan fingerprint density at radius 1 is 1.57 bits per heavy atom. The number of carbonyl (C=O) groups excluding carboxylic acids is 1. The minimum absolute atomic E-state index is 0.148. The quantitative estimate of drug-likeness (QED) is 0.422. The molecule has 4 N–H and O–H groups in total. The molecule has 2 unspecified atom stereocenters. The smallest absolute Gasteiger partial charge is 0.465 e. The summed E-state index contributed by atoms with van der Waals surface area (Å²) in [6.45, 7) is 3.02. The molecular formula is C6H14NO6P. The standard InChI is InChI=1S/C6H14NO6P/c1-3-12-6(8)5(7)4(2)13-14(9,10)11/h4-5H,3,7H2,1-2H3,(H2,9,10,11). The molecular weight excluding hydrogens is 213 g/mol. The molecule has 0 aliphatic carbocycles. The van der Waals surface area contributed by atoms with E-state index in [9.17, 15) is 9.36 Å². The molecule has 0 amide bonds. The maximum atomic E-state index is 11.0. The van der Waals surface area contributed by atoms with E-state index in [0.717, 1.165) is 0 Å². The van der Waals surface area contributed by atoms with Crippen LogP contribution in [-0.2, 0) is 18.6 Å². The minimum atomic E-state index is -4.62. The van der Waals surface area contributed by atoms with Crippen molar-refractivity contribution in [3.8, 4) is 0 Å². The largest absolute Gasteiger partial charge is 0.469 e. The van der Waals surface area contributed by atoms with Crippen molar-refractivity contribution in [3.63, 3.8) is 0 Å². The van der Waals surface area contributed by atoms with E-state index in [-0.39, 0.29) is 6.61 Å². The Hall–Kier alpha value is -0.460. The molecule has 0 saturated heterocycles. The molecule has 2 atom stereocenters. The molecule has 84 valence electrons. The average Bonchev–Trinajstić information content (AvgIpc) is 2.00. The molecule has 0 aliphatic heterocycles. The second kappa shape index (κ2) is 5.43. The first kappa shape index (κ1) is 13.5. The Morgan fingerprint density at radius 3 is 2.43 bits per heavy atom. The lowest BCUT2D eigenvalue weighted by molar-refractivity contribution is -0.146. The summed E-state index contributed by atoms with van der Waals surface area (Å²) in [4.78, 5) is 27.8. The zero-order valence-corrected chi connectivity index (χ0v) is 8.81. The Labute approximate surface area is 81.4 Å². The predicted molar refractivity (Wildman–Crippen MR) is 47.2 cm³/mol. The van der Waals surface area contributed by atoms with E-state index in [0.29, 0.717) is 0 Å². The van der Waals surface area contributed by atoms with E-state index < -0.39 is 25.9 Å². The topological polar surface area (TPSA) is 119 Å². The summed E-state index contributed by atoms with van der Waals surface area (Å²) in [6, 6.07) is -1.21. The molecule has 0 fully saturated rings. The van der Waals surface area contributed by atoms with Crippen LogP contribution >= 0.6 is 7.82 Å². The van der Waals surface area contributed by atoms with Crippen molar-refractivity contribution >= 4 is 13.8 Å². The molecule has 0 aromatic rings. The van der Waals surface area contributed by atoms with Gasteiger partial charge in [0.15, 0.2) is 0 Å². The van der Waals surface area contributed by atoms with Crippen molar-refractivity contribution < 1.29 is 28.4 Å². The normalized spacial score (nSPS) is 16.1. The summed E-state index contributed by atoms with van der Waals surface area (Å²) < 4.78 is 19.1. The number of rotatable bonds is 5. The molecule has 0 aromatic heterocycles. The van der Waals surface area contributed by atoms with Crippen LogP contribution in [0.25, 0.3) is 0 Å². The van der Waals surface area contributed by atoms with Gasteiger partial charge >= 0.3 is 13.8 Å². The van der Waals surface area contributed by atoms with Crippen LogP contribution in [-0.4, -0.2) is 34.5 Å². The van der Waals surface area contributed by atoms with Gasteiger partial charge in [-0.25, -0.2) is 4.57 Å². The fourth-order valence-corrected chi connectivity index (χ4v) is 1.28. The molecule has 0 spiro atoms. The van der Waals surface area contributed by atoms with Gasteiger partial charge in [0.1, 0.15) is 6.04 Å². The first-order chi connectivity index (χ1) is 6.28. The molecule has 7 nitrogen and oxygen atoms in total. The van der Waals surface area contributed by atoms with Crippen LogP contribution in [0.3, 0.4) is 0 Å². The van der Waals surface area contributed by atoms with Crippen molar-refractivity contribution in [3.05, 3.63) is 0 Å². The second-order valence-electron chi connectivity index (χ2n) is 2.58. The summed E-state index contributed by atoms with van der Waals surface area (Å²) in [7, 11) is -4.62. The first-order valence-electron chi connectivity index (χ1n) is 3.94. The maximum absolute atomic E-state index is 11.0. The molecule has 0 aliphatic rings. The summed E-state index contributed by atoms with van der Waals surface area (Å²) in [5.74, 6) is -0.756. The fourth-order valence-electron chi connectivity index (χ4n) is 0.712. The molecule has 14 heavy (non-hydrogen) atoms. The summed E-state index contributed by atoms with van der Waals surface area (Å²) in [5, 5.41) is 0. The molecule has 0 rings (SSSR count). The van der Waals surface area contributed by atoms with E-state index in [1.54, 1.807) is 6.92 Å². The minimum Gasteiger partial charge on any atom is -0.465 e. The third-order valence-corrected chi connectivity index (χ3v) is 1.98. The van der Waals surface area contributed by atoms with E-state index >= 15 is 0 Å². The van der Waals surface area contributed by atoms with Crippen LogP contribution in [0.4, 0.5) is 0 Å². The summed E-state index contributed by atoms with van der Waals surface area (Å²) in [5.41, 5.74) is 5.31. The Kier molecular flexibility index (Phi) is 5.25. The highest BCUT2D eigenvalue weighted by Crippen LogP contribution is 2.37. The number of phosphoric acid groups is 1. The van der Waals surface area contributed by atoms with Gasteiger partial charge in [0.25, 0.3) is 0 Å². The molecule has 0 aromatic carbocycles. The van der Waals surface area contributed by atoms with E-state index in [4.69, 9.17) is 15.5 Å². The predicted octanol–water partition coefficient (Wildman–Crippen LogP) is -0.625. The molecule has 0 saturated carbocycles. The number of carbonyl (C=O) groups is 1. The Bertz CT molecular complexity index is 238. The van der Waals surface area contributed by atoms with Crippen molar-refractivity contribution in [2.45, 2.75) is 26.0 Å². The third-order valence-electron chi connectivity index (χ3n) is 1.37. The highest BCUT2D eigenvalue weighted by atomic mass is 31.2. The van der Waals surface area contributed by atoms with E-state index in [1.165, 1.54) is 6.92 Å². The van der Waals surface area contributed by atoms with Gasteiger partial charge in [-0.15, -0.1) is 0 Å². The number of phosphoric ester groups is 1. The second-order valence-corrected chi connectivity index (χ2v) is 3.77. The highest BCUT2D eigenvalue weighted by molar-refractivity contribution is 7.46. The Morgan fingerprint density at radius 2 is 2.07 bits per heavy atom. The monoisotopic (exact) mass is 227 g/mol. The van der Waals surface area contributed by atoms with Crippen LogP contribution < -0.4 is 5.73 Å². The van der Waals surface area contributed by atoms with Gasteiger partial charge in [-0.05, 0) is 13.8 Å². The number of ether oxygens (including phenoxy) is 1. The zero-order valence-electron chi connectivity index (χ0n) is 7.91. The van der Waals surface area contributed by atoms with Crippen molar-refractivity contribution in [2.24, 2.45) is 5.73 Å². The lowest BCUT2D eigenvalue weighted by Crippen LogP contribution is -2.42. The number of esters is 1. The lowest BCUT2D eigenvalue weighted by Gasteiger charge is -2.18. The molecule has 0 radical (unpaired) electrons. The molecule has 8 heteroatoms. The highest BCUT2D eigenvalue weighted by Gasteiger charge is 2.28. The van der Waals surface area contributed by atoms with Crippen LogP contribution in [0.2, 0.25) is 0 Å². The first-order valence-corrected chi connectivity index (χ1v) is 5.47. The summed E-state index contributed by atoms with van der Waals surface area (Å²) in [6.07, 6.45) is -1.10. The van der Waals surface area contributed by atoms with E-state index in [1.807, 2.05) is 0 Å². The SMILES string of the molecule is CCOC(=O)C(N)C(C)OP(=O)(O)O. The van der Waals surface area contributed by atoms with Crippen LogP contribution in [0.1, 0.15) is 13.8 Å². The van der Waals surface area contributed by atoms with Gasteiger partial charge < -0.3 is 20.3 Å². The fraction of sp³-hybridized carbons (Fsp3) is 0.833. The average molecular weight is 227 g/mol. The van der Waals surface area contributed by atoms with Crippen LogP contribution in [0.15, 0.2) is 0 Å². The van der Waals surface area contributed by atoms with Crippen LogP contribution in [0, 0.1) is 0 Å². The van der Waals surface area contributed by atoms with Crippen molar-refractivity contribution in [2.75, 3.05) is 6.61 Å². The number of nitrogens with two attached hydrogens (primary N) is 1.